The lowest BCUT2D eigenvalue weighted by Crippen LogP contribution is -2.61. The van der Waals surface area contributed by atoms with Crippen molar-refractivity contribution in [1.29, 1.82) is 5.26 Å². The van der Waals surface area contributed by atoms with E-state index >= 15 is 0 Å². The number of hydrogen-bond donors (Lipinski definition) is 2. The average molecular weight is 524 g/mol. The fourth-order valence-electron chi connectivity index (χ4n) is 5.88. The summed E-state index contributed by atoms with van der Waals surface area (Å²) in [7, 11) is 0. The molecular formula is C24H32F3N7O3. The normalized spacial score (nSPS) is 27.8. The topological polar surface area (TPSA) is 133 Å². The van der Waals surface area contributed by atoms with E-state index in [1.54, 1.807) is 27.1 Å². The Morgan fingerprint density at radius 1 is 1.22 bits per heavy atom. The molecule has 0 radical (unpaired) electrons. The number of rotatable bonds is 5. The summed E-state index contributed by atoms with van der Waals surface area (Å²) in [5, 5.41) is 22.4. The molecule has 10 nitrogen and oxygen atoms in total. The number of nitrogens with zero attached hydrogens (tertiary/aromatic N) is 5. The molecule has 1 aliphatic carbocycles. The summed E-state index contributed by atoms with van der Waals surface area (Å²) in [6, 6.07) is -1.12. The van der Waals surface area contributed by atoms with Crippen molar-refractivity contribution in [2.45, 2.75) is 78.3 Å². The van der Waals surface area contributed by atoms with E-state index in [1.807, 2.05) is 23.7 Å². The van der Waals surface area contributed by atoms with Crippen LogP contribution in [0.2, 0.25) is 0 Å². The van der Waals surface area contributed by atoms with E-state index in [9.17, 15) is 32.8 Å². The molecule has 3 unspecified atom stereocenters. The summed E-state index contributed by atoms with van der Waals surface area (Å²) < 4.78 is 40.9. The van der Waals surface area contributed by atoms with Crippen LogP contribution in [-0.4, -0.2) is 68.2 Å². The van der Waals surface area contributed by atoms with Crippen LogP contribution in [-0.2, 0) is 27.3 Å². The van der Waals surface area contributed by atoms with Crippen LogP contribution in [0.25, 0.3) is 0 Å². The standard InChI is InChI=1S/C24H32F3N7O3/c1-22(2,3)18(31-21(37)24(25,26)27)20(36)34-10-13-16(23(13,4)5)17(34)19(35)30-14(9-28)12-6-7-33-11-29-32-15(33)8-12/h11-14,16-18H,6-8,10H2,1-5H3,(H,30,35)(H,31,37)/t12?,13-,14?,16-,17-,18?/m0/s1. The Morgan fingerprint density at radius 2 is 1.89 bits per heavy atom. The van der Waals surface area contributed by atoms with Gasteiger partial charge in [-0.15, -0.1) is 10.2 Å². The molecule has 2 N–H and O–H groups in total. The smallest absolute Gasteiger partial charge is 0.338 e. The quantitative estimate of drug-likeness (QED) is 0.600. The molecule has 0 spiro atoms. The number of hydrogen-bond acceptors (Lipinski definition) is 6. The number of aryl methyl sites for hydroxylation is 1. The van der Waals surface area contributed by atoms with Gasteiger partial charge in [-0.2, -0.15) is 18.4 Å². The van der Waals surface area contributed by atoms with Crippen molar-refractivity contribution in [3.63, 3.8) is 0 Å². The van der Waals surface area contributed by atoms with Gasteiger partial charge in [0.1, 0.15) is 30.3 Å². The molecule has 2 fully saturated rings. The van der Waals surface area contributed by atoms with Crippen molar-refractivity contribution < 1.29 is 27.6 Å². The molecule has 3 amide bonds. The zero-order valence-electron chi connectivity index (χ0n) is 21.5. The summed E-state index contributed by atoms with van der Waals surface area (Å²) >= 11 is 0. The SMILES string of the molecule is CC(C)(C)C(NC(=O)C(F)(F)F)C(=O)N1C[C@H]2[C@@H]([C@H]1C(=O)NC(C#N)C1CCn3cnnc3C1)C2(C)C. The second kappa shape index (κ2) is 8.99. The molecule has 3 aliphatic rings. The lowest BCUT2D eigenvalue weighted by Gasteiger charge is -2.38. The summed E-state index contributed by atoms with van der Waals surface area (Å²) in [5.41, 5.74) is -1.29. The van der Waals surface area contributed by atoms with Crippen LogP contribution in [0.3, 0.4) is 0 Å². The lowest BCUT2D eigenvalue weighted by molar-refractivity contribution is -0.176. The van der Waals surface area contributed by atoms with E-state index in [4.69, 9.17) is 0 Å². The molecule has 0 bridgehead atoms. The Hall–Kier alpha value is -3.17. The highest BCUT2D eigenvalue weighted by Crippen LogP contribution is 2.65. The van der Waals surface area contributed by atoms with Gasteiger partial charge >= 0.3 is 12.1 Å². The van der Waals surface area contributed by atoms with Gasteiger partial charge < -0.3 is 20.1 Å². The minimum Gasteiger partial charge on any atom is -0.338 e. The van der Waals surface area contributed by atoms with Gasteiger partial charge in [-0.3, -0.25) is 14.4 Å². The summed E-state index contributed by atoms with van der Waals surface area (Å²) in [6.07, 6.45) is -2.45. The number of carbonyl (C=O) groups is 3. The minimum atomic E-state index is -5.15. The molecular weight excluding hydrogens is 491 g/mol. The second-order valence-electron chi connectivity index (χ2n) is 12.0. The number of likely N-dealkylation sites (tertiary alicyclic amines) is 1. The third kappa shape index (κ3) is 4.90. The van der Waals surface area contributed by atoms with E-state index in [0.29, 0.717) is 19.4 Å². The molecule has 4 rings (SSSR count). The Balaban J connectivity index is 1.54. The van der Waals surface area contributed by atoms with Gasteiger partial charge in [0, 0.05) is 25.4 Å². The Morgan fingerprint density at radius 3 is 2.49 bits per heavy atom. The Kier molecular flexibility index (Phi) is 6.53. The molecule has 2 aliphatic heterocycles. The highest BCUT2D eigenvalue weighted by atomic mass is 19.4. The first-order valence-electron chi connectivity index (χ1n) is 12.3. The number of carbonyl (C=O) groups excluding carboxylic acids is 3. The first-order chi connectivity index (χ1) is 17.1. The largest absolute Gasteiger partial charge is 0.471 e. The number of piperidine rings is 1. The maximum absolute atomic E-state index is 13.6. The molecule has 202 valence electrons. The molecule has 1 saturated heterocycles. The number of alkyl halides is 3. The number of amides is 3. The van der Waals surface area contributed by atoms with Crippen LogP contribution in [0.15, 0.2) is 6.33 Å². The Labute approximate surface area is 213 Å². The van der Waals surface area contributed by atoms with E-state index in [0.717, 1.165) is 5.82 Å². The third-order valence-electron chi connectivity index (χ3n) is 8.20. The van der Waals surface area contributed by atoms with Crippen molar-refractivity contribution >= 4 is 17.7 Å². The lowest BCUT2D eigenvalue weighted by atomic mass is 9.85. The van der Waals surface area contributed by atoms with Gasteiger partial charge in [0.05, 0.1) is 6.07 Å². The first-order valence-corrected chi connectivity index (χ1v) is 12.3. The first kappa shape index (κ1) is 26.9. The van der Waals surface area contributed by atoms with Crippen molar-refractivity contribution in [3.8, 4) is 6.07 Å². The number of nitriles is 1. The Bertz CT molecular complexity index is 1130. The summed E-state index contributed by atoms with van der Waals surface area (Å²) in [4.78, 5) is 40.2. The summed E-state index contributed by atoms with van der Waals surface area (Å²) in [6.45, 7) is 9.41. The predicted molar refractivity (Wildman–Crippen MR) is 123 cm³/mol. The number of nitrogens with one attached hydrogen (secondary N) is 2. The molecule has 3 heterocycles. The number of halogens is 3. The zero-order chi connectivity index (χ0) is 27.5. The van der Waals surface area contributed by atoms with Crippen LogP contribution in [0.1, 0.15) is 46.9 Å². The van der Waals surface area contributed by atoms with E-state index in [1.165, 1.54) is 4.90 Å². The predicted octanol–water partition coefficient (Wildman–Crippen LogP) is 1.43. The molecule has 6 atom stereocenters. The van der Waals surface area contributed by atoms with Gasteiger partial charge in [-0.25, -0.2) is 0 Å². The van der Waals surface area contributed by atoms with Gasteiger partial charge in [0.2, 0.25) is 11.8 Å². The van der Waals surface area contributed by atoms with Gasteiger partial charge in [-0.05, 0) is 29.1 Å². The maximum atomic E-state index is 13.6. The van der Waals surface area contributed by atoms with E-state index in [2.05, 4.69) is 21.6 Å². The highest BCUT2D eigenvalue weighted by Gasteiger charge is 2.70. The molecule has 1 aromatic heterocycles. The summed E-state index contributed by atoms with van der Waals surface area (Å²) in [5.74, 6) is -3.16. The van der Waals surface area contributed by atoms with Gasteiger partial charge in [0.25, 0.3) is 0 Å². The molecule has 1 aromatic rings. The van der Waals surface area contributed by atoms with Crippen LogP contribution >= 0.6 is 0 Å². The fraction of sp³-hybridized carbons (Fsp3) is 0.750. The van der Waals surface area contributed by atoms with Crippen molar-refractivity contribution in [2.24, 2.45) is 28.6 Å². The zero-order valence-corrected chi connectivity index (χ0v) is 21.5. The van der Waals surface area contributed by atoms with Crippen molar-refractivity contribution in [2.75, 3.05) is 6.54 Å². The van der Waals surface area contributed by atoms with Gasteiger partial charge in [0.15, 0.2) is 0 Å². The minimum absolute atomic E-state index is 0.0140. The highest BCUT2D eigenvalue weighted by molar-refractivity contribution is 5.95. The van der Waals surface area contributed by atoms with Crippen molar-refractivity contribution in [3.05, 3.63) is 12.2 Å². The van der Waals surface area contributed by atoms with Crippen LogP contribution in [0.5, 0.6) is 0 Å². The second-order valence-corrected chi connectivity index (χ2v) is 12.0. The molecule has 1 saturated carbocycles. The van der Waals surface area contributed by atoms with Crippen LogP contribution in [0.4, 0.5) is 13.2 Å². The monoisotopic (exact) mass is 523 g/mol. The number of aromatic nitrogens is 3. The van der Waals surface area contributed by atoms with Crippen LogP contribution in [0, 0.1) is 39.9 Å². The van der Waals surface area contributed by atoms with E-state index < -0.39 is 47.4 Å². The molecule has 13 heteroatoms. The van der Waals surface area contributed by atoms with Gasteiger partial charge in [-0.1, -0.05) is 34.6 Å². The fourth-order valence-corrected chi connectivity index (χ4v) is 5.88. The van der Waals surface area contributed by atoms with Crippen LogP contribution < -0.4 is 10.6 Å². The number of fused-ring (bicyclic) bond motifs is 2. The van der Waals surface area contributed by atoms with Crippen molar-refractivity contribution in [1.82, 2.24) is 30.3 Å². The molecule has 37 heavy (non-hydrogen) atoms. The van der Waals surface area contributed by atoms with E-state index in [-0.39, 0.29) is 29.7 Å². The molecule has 0 aromatic carbocycles. The average Bonchev–Trinajstić information content (AvgIpc) is 3.21. The maximum Gasteiger partial charge on any atom is 0.471 e. The third-order valence-corrected chi connectivity index (χ3v) is 8.20.